The van der Waals surface area contributed by atoms with Gasteiger partial charge in [-0.25, -0.2) is 9.97 Å². The maximum atomic E-state index is 4.28. The van der Waals surface area contributed by atoms with Crippen molar-refractivity contribution in [1.82, 2.24) is 9.97 Å². The molecular weight excluding hydrogens is 336 g/mol. The molecule has 0 fully saturated rings. The molecule has 0 bridgehead atoms. The smallest absolute Gasteiger partial charge is 0.150 e. The average Bonchev–Trinajstić information content (AvgIpc) is 2.91. The van der Waals surface area contributed by atoms with Crippen LogP contribution in [0.4, 0.5) is 17.3 Å². The zero-order valence-corrected chi connectivity index (χ0v) is 13.3. The molecule has 0 aliphatic rings. The van der Waals surface area contributed by atoms with Gasteiger partial charge in [-0.3, -0.25) is 0 Å². The SMILES string of the molecule is CCNc1ncnc(Nc2ccc3sccc3c2)c1Br. The van der Waals surface area contributed by atoms with Crippen LogP contribution in [0, 0.1) is 0 Å². The molecule has 2 heterocycles. The third-order valence-corrected chi connectivity index (χ3v) is 4.50. The average molecular weight is 349 g/mol. The molecule has 0 atom stereocenters. The number of benzene rings is 1. The fourth-order valence-electron chi connectivity index (χ4n) is 1.93. The standard InChI is InChI=1S/C14H13BrN4S/c1-2-16-13-12(15)14(18-8-17-13)19-10-3-4-11-9(7-10)5-6-20-11/h3-8H,2H2,1H3,(H2,16,17,18,19). The van der Waals surface area contributed by atoms with Crippen molar-refractivity contribution in [2.75, 3.05) is 17.2 Å². The van der Waals surface area contributed by atoms with Crippen molar-refractivity contribution in [1.29, 1.82) is 0 Å². The second kappa shape index (κ2) is 5.76. The lowest BCUT2D eigenvalue weighted by Gasteiger charge is -2.10. The molecule has 4 nitrogen and oxygen atoms in total. The molecule has 3 aromatic rings. The minimum Gasteiger partial charge on any atom is -0.369 e. The Labute approximate surface area is 129 Å². The zero-order valence-electron chi connectivity index (χ0n) is 10.9. The summed E-state index contributed by atoms with van der Waals surface area (Å²) in [5.74, 6) is 1.55. The van der Waals surface area contributed by atoms with Gasteiger partial charge in [0, 0.05) is 16.9 Å². The summed E-state index contributed by atoms with van der Waals surface area (Å²) in [7, 11) is 0. The van der Waals surface area contributed by atoms with E-state index in [9.17, 15) is 0 Å². The van der Waals surface area contributed by atoms with Crippen LogP contribution in [0.25, 0.3) is 10.1 Å². The molecule has 0 saturated carbocycles. The van der Waals surface area contributed by atoms with Gasteiger partial charge >= 0.3 is 0 Å². The van der Waals surface area contributed by atoms with Crippen LogP contribution in [0.1, 0.15) is 6.92 Å². The molecule has 102 valence electrons. The van der Waals surface area contributed by atoms with E-state index >= 15 is 0 Å². The number of hydrogen-bond acceptors (Lipinski definition) is 5. The molecule has 0 aliphatic carbocycles. The summed E-state index contributed by atoms with van der Waals surface area (Å²) in [5.41, 5.74) is 1.01. The van der Waals surface area contributed by atoms with E-state index in [0.29, 0.717) is 0 Å². The van der Waals surface area contributed by atoms with Crippen LogP contribution >= 0.6 is 27.3 Å². The van der Waals surface area contributed by atoms with Gasteiger partial charge in [0.05, 0.1) is 0 Å². The fraction of sp³-hybridized carbons (Fsp3) is 0.143. The Kier molecular flexibility index (Phi) is 3.84. The van der Waals surface area contributed by atoms with Crippen LogP contribution < -0.4 is 10.6 Å². The van der Waals surface area contributed by atoms with Crippen molar-refractivity contribution in [3.05, 3.63) is 40.4 Å². The van der Waals surface area contributed by atoms with E-state index in [2.05, 4.69) is 66.2 Å². The van der Waals surface area contributed by atoms with E-state index in [-0.39, 0.29) is 0 Å². The van der Waals surface area contributed by atoms with E-state index in [1.165, 1.54) is 10.1 Å². The lowest BCUT2D eigenvalue weighted by atomic mass is 10.2. The summed E-state index contributed by atoms with van der Waals surface area (Å²) in [4.78, 5) is 8.48. The number of nitrogens with zero attached hydrogens (tertiary/aromatic N) is 2. The Bertz CT molecular complexity index is 741. The van der Waals surface area contributed by atoms with E-state index in [4.69, 9.17) is 0 Å². The quantitative estimate of drug-likeness (QED) is 0.721. The molecule has 20 heavy (non-hydrogen) atoms. The highest BCUT2D eigenvalue weighted by atomic mass is 79.9. The molecule has 3 rings (SSSR count). The van der Waals surface area contributed by atoms with Gasteiger partial charge in [-0.15, -0.1) is 11.3 Å². The molecule has 2 N–H and O–H groups in total. The number of nitrogens with one attached hydrogen (secondary N) is 2. The van der Waals surface area contributed by atoms with Crippen LogP contribution in [0.3, 0.4) is 0 Å². The van der Waals surface area contributed by atoms with Gasteiger partial charge in [0.25, 0.3) is 0 Å². The molecule has 0 radical (unpaired) electrons. The van der Waals surface area contributed by atoms with Crippen molar-refractivity contribution in [2.45, 2.75) is 6.92 Å². The van der Waals surface area contributed by atoms with Gasteiger partial charge in [-0.1, -0.05) is 0 Å². The van der Waals surface area contributed by atoms with Crippen molar-refractivity contribution in [2.24, 2.45) is 0 Å². The number of hydrogen-bond donors (Lipinski definition) is 2. The second-order valence-corrected chi connectivity index (χ2v) is 5.95. The van der Waals surface area contributed by atoms with Crippen LogP contribution in [-0.2, 0) is 0 Å². The third kappa shape index (κ3) is 2.62. The maximum Gasteiger partial charge on any atom is 0.150 e. The van der Waals surface area contributed by atoms with Gasteiger partial charge in [0.2, 0.25) is 0 Å². The van der Waals surface area contributed by atoms with Crippen molar-refractivity contribution in [3.8, 4) is 0 Å². The van der Waals surface area contributed by atoms with Crippen molar-refractivity contribution < 1.29 is 0 Å². The largest absolute Gasteiger partial charge is 0.369 e. The number of anilines is 3. The normalized spacial score (nSPS) is 10.7. The predicted molar refractivity (Wildman–Crippen MR) is 89.0 cm³/mol. The summed E-state index contributed by atoms with van der Waals surface area (Å²) in [6, 6.07) is 8.40. The minimum absolute atomic E-state index is 0.755. The zero-order chi connectivity index (χ0) is 13.9. The van der Waals surface area contributed by atoms with Gasteiger partial charge in [0.15, 0.2) is 0 Å². The first-order valence-corrected chi connectivity index (χ1v) is 7.94. The number of fused-ring (bicyclic) bond motifs is 1. The van der Waals surface area contributed by atoms with Crippen LogP contribution in [-0.4, -0.2) is 16.5 Å². The van der Waals surface area contributed by atoms with Gasteiger partial charge in [0.1, 0.15) is 22.4 Å². The van der Waals surface area contributed by atoms with Gasteiger partial charge in [-0.2, -0.15) is 0 Å². The first-order chi connectivity index (χ1) is 9.78. The fourth-order valence-corrected chi connectivity index (χ4v) is 3.14. The number of rotatable bonds is 4. The highest BCUT2D eigenvalue weighted by Gasteiger charge is 2.08. The Morgan fingerprint density at radius 3 is 2.90 bits per heavy atom. The highest BCUT2D eigenvalue weighted by Crippen LogP contribution is 2.30. The summed E-state index contributed by atoms with van der Waals surface area (Å²) in [6.07, 6.45) is 1.55. The molecule has 0 aliphatic heterocycles. The van der Waals surface area contributed by atoms with Crippen LogP contribution in [0.15, 0.2) is 40.4 Å². The number of aromatic nitrogens is 2. The lowest BCUT2D eigenvalue weighted by molar-refractivity contribution is 1.10. The lowest BCUT2D eigenvalue weighted by Crippen LogP contribution is -2.03. The van der Waals surface area contributed by atoms with Gasteiger partial charge < -0.3 is 10.6 Å². The molecule has 2 aromatic heterocycles. The summed E-state index contributed by atoms with van der Waals surface area (Å²) < 4.78 is 2.12. The van der Waals surface area contributed by atoms with Crippen LogP contribution in [0.5, 0.6) is 0 Å². The van der Waals surface area contributed by atoms with E-state index in [0.717, 1.165) is 28.3 Å². The molecular formula is C14H13BrN4S. The molecule has 0 saturated heterocycles. The Morgan fingerprint density at radius 2 is 2.05 bits per heavy atom. The number of thiophene rings is 1. The summed E-state index contributed by atoms with van der Waals surface area (Å²) >= 11 is 5.28. The van der Waals surface area contributed by atoms with E-state index < -0.39 is 0 Å². The first-order valence-electron chi connectivity index (χ1n) is 6.26. The van der Waals surface area contributed by atoms with Crippen molar-refractivity contribution in [3.63, 3.8) is 0 Å². The Hall–Kier alpha value is -1.66. The topological polar surface area (TPSA) is 49.8 Å². The van der Waals surface area contributed by atoms with Crippen molar-refractivity contribution >= 4 is 54.7 Å². The molecule has 6 heteroatoms. The first kappa shape index (κ1) is 13.3. The Morgan fingerprint density at radius 1 is 1.20 bits per heavy atom. The highest BCUT2D eigenvalue weighted by molar-refractivity contribution is 9.10. The predicted octanol–water partition coefficient (Wildman–Crippen LogP) is 4.63. The van der Waals surface area contributed by atoms with E-state index in [1.54, 1.807) is 17.7 Å². The van der Waals surface area contributed by atoms with E-state index in [1.807, 2.05) is 6.92 Å². The summed E-state index contributed by atoms with van der Waals surface area (Å²) in [6.45, 7) is 2.85. The Balaban J connectivity index is 1.91. The molecule has 0 amide bonds. The minimum atomic E-state index is 0.755. The molecule has 0 spiro atoms. The third-order valence-electron chi connectivity index (χ3n) is 2.85. The summed E-state index contributed by atoms with van der Waals surface area (Å²) in [5, 5.41) is 9.84. The molecule has 0 unspecified atom stereocenters. The maximum absolute atomic E-state index is 4.28. The van der Waals surface area contributed by atoms with Crippen LogP contribution in [0.2, 0.25) is 0 Å². The number of halogens is 1. The monoisotopic (exact) mass is 348 g/mol. The molecule has 1 aromatic carbocycles. The van der Waals surface area contributed by atoms with Gasteiger partial charge in [-0.05, 0) is 57.9 Å². The second-order valence-electron chi connectivity index (χ2n) is 4.21.